The third-order valence-corrected chi connectivity index (χ3v) is 17.2. The van der Waals surface area contributed by atoms with Crippen molar-refractivity contribution >= 4 is 33.7 Å². The second-order valence-corrected chi connectivity index (χ2v) is 20.6. The average Bonchev–Trinajstić information content (AvgIpc) is 3.97. The summed E-state index contributed by atoms with van der Waals surface area (Å²) in [4.78, 5) is 13.1. The van der Waals surface area contributed by atoms with Crippen LogP contribution in [0, 0.1) is 0 Å². The van der Waals surface area contributed by atoms with E-state index in [2.05, 4.69) is 255 Å². The van der Waals surface area contributed by atoms with Gasteiger partial charge in [-0.05, 0) is 119 Å². The fourth-order valence-corrected chi connectivity index (χ4v) is 14.3. The molecule has 4 aliphatic rings. The molecule has 3 aliphatic carbocycles. The Hall–Kier alpha value is -8.89. The highest BCUT2D eigenvalue weighted by molar-refractivity contribution is 8.03. The minimum Gasteiger partial charge on any atom is -0.228 e. The van der Waals surface area contributed by atoms with Gasteiger partial charge in [0.1, 0.15) is 0 Å². The van der Waals surface area contributed by atoms with E-state index in [1.807, 2.05) is 17.8 Å². The summed E-state index contributed by atoms with van der Waals surface area (Å²) in [5, 5.41) is 2.34. The predicted octanol–water partition coefficient (Wildman–Crippen LogP) is 17.4. The smallest absolute Gasteiger partial charge is 0.160 e. The van der Waals surface area contributed by atoms with Crippen LogP contribution < -0.4 is 0 Å². The highest BCUT2D eigenvalue weighted by Gasteiger charge is 2.59. The summed E-state index contributed by atoms with van der Waals surface area (Å²) in [7, 11) is 0. The maximum atomic E-state index is 5.31. The van der Waals surface area contributed by atoms with Crippen LogP contribution in [0.25, 0.3) is 78.1 Å². The molecule has 0 fully saturated rings. The number of aromatic nitrogens is 2. The normalized spacial score (nSPS) is 15.4. The van der Waals surface area contributed by atoms with Crippen LogP contribution in [0.5, 0.6) is 0 Å². The second-order valence-electron chi connectivity index (χ2n) is 19.6. The lowest BCUT2D eigenvalue weighted by Gasteiger charge is -2.49. The zero-order valence-electron chi connectivity index (χ0n) is 39.8. The van der Waals surface area contributed by atoms with Gasteiger partial charge < -0.3 is 0 Å². The zero-order valence-corrected chi connectivity index (χ0v) is 40.6. The first kappa shape index (κ1) is 41.9. The largest absolute Gasteiger partial charge is 0.228 e. The van der Waals surface area contributed by atoms with E-state index in [4.69, 9.17) is 9.97 Å². The summed E-state index contributed by atoms with van der Waals surface area (Å²) in [5.74, 6) is 0.698. The molecular formula is C70H44N2S. The molecule has 2 heterocycles. The molecular weight excluding hydrogens is 901 g/mol. The van der Waals surface area contributed by atoms with E-state index in [0.29, 0.717) is 5.82 Å². The van der Waals surface area contributed by atoms with Crippen molar-refractivity contribution in [1.82, 2.24) is 9.97 Å². The van der Waals surface area contributed by atoms with Crippen molar-refractivity contribution in [2.45, 2.75) is 15.7 Å². The Balaban J connectivity index is 0.973. The zero-order chi connectivity index (χ0) is 48.3. The summed E-state index contributed by atoms with van der Waals surface area (Å²) in [5.41, 5.74) is 22.4. The molecule has 0 unspecified atom stereocenters. The maximum Gasteiger partial charge on any atom is 0.160 e. The molecule has 73 heavy (non-hydrogen) atoms. The molecule has 340 valence electrons. The quantitative estimate of drug-likeness (QED) is 0.176. The number of hydrogen-bond donors (Lipinski definition) is 0. The van der Waals surface area contributed by atoms with Crippen molar-refractivity contribution < 1.29 is 0 Å². The monoisotopic (exact) mass is 944 g/mol. The summed E-state index contributed by atoms with van der Waals surface area (Å²) in [6.07, 6.45) is 4.58. The van der Waals surface area contributed by atoms with Gasteiger partial charge in [0.15, 0.2) is 5.82 Å². The van der Waals surface area contributed by atoms with E-state index >= 15 is 0 Å². The Morgan fingerprint density at radius 3 is 1.62 bits per heavy atom. The predicted molar refractivity (Wildman–Crippen MR) is 302 cm³/mol. The van der Waals surface area contributed by atoms with Gasteiger partial charge in [0, 0.05) is 26.5 Å². The third kappa shape index (κ3) is 5.94. The van der Waals surface area contributed by atoms with Crippen LogP contribution >= 0.6 is 11.8 Å². The minimum atomic E-state index is -0.672. The van der Waals surface area contributed by atoms with Crippen LogP contribution in [0.3, 0.4) is 0 Å². The van der Waals surface area contributed by atoms with E-state index < -0.39 is 10.8 Å². The molecule has 0 radical (unpaired) electrons. The third-order valence-electron chi connectivity index (χ3n) is 15.9. The van der Waals surface area contributed by atoms with Crippen LogP contribution in [0.2, 0.25) is 0 Å². The van der Waals surface area contributed by atoms with Gasteiger partial charge in [-0.2, -0.15) is 0 Å². The van der Waals surface area contributed by atoms with Gasteiger partial charge in [0.25, 0.3) is 0 Å². The van der Waals surface area contributed by atoms with Crippen molar-refractivity contribution in [2.75, 3.05) is 0 Å². The Bertz CT molecular complexity index is 4110. The molecule has 1 aromatic heterocycles. The molecule has 2 spiro atoms. The molecule has 0 saturated heterocycles. The van der Waals surface area contributed by atoms with Crippen LogP contribution in [-0.4, -0.2) is 9.97 Å². The number of fused-ring (bicyclic) bond motifs is 17. The molecule has 1 aliphatic heterocycles. The topological polar surface area (TPSA) is 25.8 Å². The Kier molecular flexibility index (Phi) is 9.21. The van der Waals surface area contributed by atoms with E-state index in [0.717, 1.165) is 55.7 Å². The Morgan fingerprint density at radius 1 is 0.342 bits per heavy atom. The fourth-order valence-electron chi connectivity index (χ4n) is 12.9. The maximum absolute atomic E-state index is 5.31. The van der Waals surface area contributed by atoms with E-state index in [1.165, 1.54) is 76.4 Å². The minimum absolute atomic E-state index is 0.531. The summed E-state index contributed by atoms with van der Waals surface area (Å²) in [6.45, 7) is 4.61. The lowest BCUT2D eigenvalue weighted by atomic mass is 9.53. The molecule has 0 atom stereocenters. The lowest BCUT2D eigenvalue weighted by Crippen LogP contribution is -2.44. The lowest BCUT2D eigenvalue weighted by molar-refractivity contribution is 0.638. The number of benzene rings is 10. The summed E-state index contributed by atoms with van der Waals surface area (Å²) >= 11 is 1.91. The number of nitrogens with zero attached hydrogens (tertiary/aromatic N) is 2. The molecule has 2 nitrogen and oxygen atoms in total. The molecule has 10 aromatic carbocycles. The number of thioether (sulfide) groups is 1. The van der Waals surface area contributed by atoms with Crippen molar-refractivity contribution in [3.05, 3.63) is 316 Å². The first-order valence-electron chi connectivity index (χ1n) is 25.1. The van der Waals surface area contributed by atoms with Gasteiger partial charge in [-0.25, -0.2) is 9.97 Å². The van der Waals surface area contributed by atoms with Gasteiger partial charge in [0.05, 0.1) is 22.2 Å². The number of rotatable bonds is 4. The van der Waals surface area contributed by atoms with Gasteiger partial charge in [0.2, 0.25) is 0 Å². The van der Waals surface area contributed by atoms with Crippen molar-refractivity contribution in [1.29, 1.82) is 0 Å². The van der Waals surface area contributed by atoms with E-state index in [-0.39, 0.29) is 0 Å². The standard InChI is InChI=1S/C70H44N2S/c1-44-37-39-56-54-40-38-48(47-23-17-24-49(41-47)64-43-65(72-68(71-64)46-20-3-2-4-21-46)55-29-18-22-45-19-5-6-26-51(45)55)42-63(54)70(67(56)73-66-36-16-9-25-50(44)66)61-34-14-12-32-59(61)69(60-33-13-15-35-62(60)70)57-30-10-7-27-52(57)53-28-8-11-31-58(53)69/h2-43H,1H2/b39-37-. The Labute approximate surface area is 429 Å². The average molecular weight is 945 g/mol. The second kappa shape index (κ2) is 16.1. The summed E-state index contributed by atoms with van der Waals surface area (Å²) < 4.78 is 0. The molecule has 0 bridgehead atoms. The van der Waals surface area contributed by atoms with Crippen molar-refractivity contribution in [3.63, 3.8) is 0 Å². The molecule has 0 amide bonds. The van der Waals surface area contributed by atoms with Gasteiger partial charge >= 0.3 is 0 Å². The van der Waals surface area contributed by atoms with Crippen LogP contribution in [0.15, 0.2) is 271 Å². The SMILES string of the molecule is C=C1/C=C\C2=C(Sc3ccccc31)C1(c3cc(-c4cccc(-c5cc(-c6cccc7ccccc67)nc(-c6ccccc6)n5)c4)ccc32)c2ccccc2C2(c3ccccc3-c3ccccc32)c2ccccc21. The molecule has 3 heteroatoms. The molecule has 0 N–H and O–H groups in total. The number of allylic oxidation sites excluding steroid dienone is 5. The van der Waals surface area contributed by atoms with Crippen molar-refractivity contribution in [3.8, 4) is 56.2 Å². The number of hydrogen-bond acceptors (Lipinski definition) is 3. The first-order valence-corrected chi connectivity index (χ1v) is 25.9. The highest BCUT2D eigenvalue weighted by Crippen LogP contribution is 2.69. The molecule has 15 rings (SSSR count). The highest BCUT2D eigenvalue weighted by atomic mass is 32.2. The van der Waals surface area contributed by atoms with Gasteiger partial charge in [-0.3, -0.25) is 0 Å². The fraction of sp³-hybridized carbons (Fsp3) is 0.0286. The summed E-state index contributed by atoms with van der Waals surface area (Å²) in [6, 6.07) is 89.4. The van der Waals surface area contributed by atoms with Gasteiger partial charge in [-0.15, -0.1) is 0 Å². The van der Waals surface area contributed by atoms with E-state index in [1.54, 1.807) is 0 Å². The first-order chi connectivity index (χ1) is 36.1. The van der Waals surface area contributed by atoms with E-state index in [9.17, 15) is 0 Å². The van der Waals surface area contributed by atoms with Gasteiger partial charge in [-0.1, -0.05) is 249 Å². The van der Waals surface area contributed by atoms with Crippen LogP contribution in [-0.2, 0) is 10.8 Å². The molecule has 11 aromatic rings. The Morgan fingerprint density at radius 2 is 0.877 bits per heavy atom. The van der Waals surface area contributed by atoms with Crippen LogP contribution in [0.4, 0.5) is 0 Å². The molecule has 0 saturated carbocycles. The van der Waals surface area contributed by atoms with Crippen molar-refractivity contribution in [2.24, 2.45) is 0 Å². The van der Waals surface area contributed by atoms with Crippen LogP contribution in [0.1, 0.15) is 50.1 Å².